The highest BCUT2D eigenvalue weighted by molar-refractivity contribution is 7.15. The molecule has 1 amide bonds. The number of hydrogen-bond donors (Lipinski definition) is 1. The molecule has 0 atom stereocenters. The molecular weight excluding hydrogens is 372 g/mol. The Balaban J connectivity index is 2.04. The Bertz CT molecular complexity index is 824. The summed E-state index contributed by atoms with van der Waals surface area (Å²) in [5, 5.41) is 8.39. The topological polar surface area (TPSA) is 108 Å². The van der Waals surface area contributed by atoms with Crippen molar-refractivity contribution in [2.75, 3.05) is 18.5 Å². The molecule has 1 N–H and O–H groups in total. The summed E-state index contributed by atoms with van der Waals surface area (Å²) in [4.78, 5) is 36.2. The van der Waals surface area contributed by atoms with Gasteiger partial charge in [0.1, 0.15) is 5.00 Å². The van der Waals surface area contributed by atoms with Gasteiger partial charge in [0.15, 0.2) is 6.61 Å². The van der Waals surface area contributed by atoms with Gasteiger partial charge < -0.3 is 19.3 Å². The van der Waals surface area contributed by atoms with Gasteiger partial charge in [-0.05, 0) is 37.1 Å². The lowest BCUT2D eigenvalue weighted by Gasteiger charge is -2.10. The number of carbonyl (C=O) groups is 3. The van der Waals surface area contributed by atoms with Gasteiger partial charge in [-0.2, -0.15) is 0 Å². The minimum atomic E-state index is -0.789. The molecule has 0 spiro atoms. The normalized spacial score (nSPS) is 10.7. The van der Waals surface area contributed by atoms with E-state index in [0.29, 0.717) is 28.6 Å². The predicted octanol–water partition coefficient (Wildman–Crippen LogP) is 3.22. The molecule has 0 aromatic carbocycles. The lowest BCUT2D eigenvalue weighted by molar-refractivity contribution is -0.119. The van der Waals surface area contributed by atoms with Crippen LogP contribution >= 0.6 is 11.3 Å². The number of nitrogens with zero attached hydrogens (tertiary/aromatic N) is 1. The summed E-state index contributed by atoms with van der Waals surface area (Å²) in [6.07, 6.45) is 0.681. The number of carbonyl (C=O) groups excluding carboxylic acids is 3. The number of anilines is 1. The van der Waals surface area contributed by atoms with Gasteiger partial charge in [-0.1, -0.05) is 19.0 Å². The van der Waals surface area contributed by atoms with Crippen LogP contribution in [-0.2, 0) is 20.7 Å². The third-order valence-corrected chi connectivity index (χ3v) is 4.34. The number of thiophene rings is 1. The van der Waals surface area contributed by atoms with Crippen molar-refractivity contribution >= 4 is 34.2 Å². The van der Waals surface area contributed by atoms with Gasteiger partial charge in [0, 0.05) is 6.07 Å². The van der Waals surface area contributed by atoms with E-state index in [0.717, 1.165) is 5.56 Å². The summed E-state index contributed by atoms with van der Waals surface area (Å²) in [6, 6.07) is 1.41. The smallest absolute Gasteiger partial charge is 0.377 e. The van der Waals surface area contributed by atoms with Crippen LogP contribution in [0, 0.1) is 12.8 Å². The van der Waals surface area contributed by atoms with Crippen molar-refractivity contribution in [2.45, 2.75) is 34.1 Å². The monoisotopic (exact) mass is 394 g/mol. The minimum Gasteiger partial charge on any atom is -0.462 e. The Hall–Kier alpha value is -2.68. The van der Waals surface area contributed by atoms with E-state index in [4.69, 9.17) is 14.0 Å². The molecule has 0 aliphatic rings. The third kappa shape index (κ3) is 5.65. The first kappa shape index (κ1) is 20.6. The number of esters is 2. The molecule has 0 bridgehead atoms. The molecule has 0 unspecified atom stereocenters. The van der Waals surface area contributed by atoms with Crippen LogP contribution in [0.1, 0.15) is 52.9 Å². The van der Waals surface area contributed by atoms with Gasteiger partial charge >= 0.3 is 11.9 Å². The number of aryl methyl sites for hydroxylation is 1. The minimum absolute atomic E-state index is 0.0807. The Morgan fingerprint density at radius 3 is 2.59 bits per heavy atom. The fourth-order valence-corrected chi connectivity index (χ4v) is 3.31. The van der Waals surface area contributed by atoms with Gasteiger partial charge in [-0.3, -0.25) is 4.79 Å². The molecule has 0 saturated heterocycles. The van der Waals surface area contributed by atoms with Gasteiger partial charge in [-0.15, -0.1) is 11.3 Å². The second-order valence-corrected chi connectivity index (χ2v) is 7.12. The van der Waals surface area contributed by atoms with Crippen molar-refractivity contribution in [3.63, 3.8) is 0 Å². The van der Waals surface area contributed by atoms with Crippen molar-refractivity contribution in [1.82, 2.24) is 5.16 Å². The molecule has 9 heteroatoms. The quantitative estimate of drug-likeness (QED) is 0.685. The van der Waals surface area contributed by atoms with Crippen LogP contribution in [0.15, 0.2) is 16.0 Å². The zero-order valence-electron chi connectivity index (χ0n) is 15.7. The van der Waals surface area contributed by atoms with Crippen LogP contribution in [-0.4, -0.2) is 36.2 Å². The fourth-order valence-electron chi connectivity index (χ4n) is 2.33. The molecule has 2 aromatic rings. The number of amides is 1. The molecule has 0 fully saturated rings. The second kappa shape index (κ2) is 9.31. The first-order chi connectivity index (χ1) is 12.8. The summed E-state index contributed by atoms with van der Waals surface area (Å²) in [6.45, 7) is 7.17. The van der Waals surface area contributed by atoms with E-state index in [2.05, 4.69) is 10.5 Å². The van der Waals surface area contributed by atoms with Gasteiger partial charge in [0.05, 0.1) is 17.9 Å². The van der Waals surface area contributed by atoms with E-state index in [1.807, 2.05) is 19.2 Å². The van der Waals surface area contributed by atoms with Crippen molar-refractivity contribution in [3.05, 3.63) is 34.0 Å². The molecule has 0 aliphatic heterocycles. The second-order valence-electron chi connectivity index (χ2n) is 6.24. The van der Waals surface area contributed by atoms with Crippen LogP contribution in [0.2, 0.25) is 0 Å². The first-order valence-corrected chi connectivity index (χ1v) is 9.37. The first-order valence-electron chi connectivity index (χ1n) is 8.49. The average Bonchev–Trinajstić information content (AvgIpc) is 3.19. The van der Waals surface area contributed by atoms with E-state index in [1.165, 1.54) is 17.4 Å². The maximum atomic E-state index is 12.3. The molecule has 8 nitrogen and oxygen atoms in total. The molecule has 0 saturated carbocycles. The van der Waals surface area contributed by atoms with Crippen molar-refractivity contribution in [2.24, 2.45) is 5.92 Å². The van der Waals surface area contributed by atoms with E-state index < -0.39 is 24.5 Å². The number of ether oxygens (including phenoxy) is 2. The summed E-state index contributed by atoms with van der Waals surface area (Å²) in [5.41, 5.74) is 1.70. The summed E-state index contributed by atoms with van der Waals surface area (Å²) >= 11 is 1.23. The highest BCUT2D eigenvalue weighted by Gasteiger charge is 2.23. The summed E-state index contributed by atoms with van der Waals surface area (Å²) < 4.78 is 14.8. The van der Waals surface area contributed by atoms with Crippen molar-refractivity contribution in [3.8, 4) is 0 Å². The Morgan fingerprint density at radius 1 is 1.26 bits per heavy atom. The Labute approximate surface area is 160 Å². The molecule has 27 heavy (non-hydrogen) atoms. The lowest BCUT2D eigenvalue weighted by Crippen LogP contribution is -2.22. The van der Waals surface area contributed by atoms with E-state index >= 15 is 0 Å². The zero-order chi connectivity index (χ0) is 20.0. The molecule has 2 aromatic heterocycles. The van der Waals surface area contributed by atoms with Crippen molar-refractivity contribution < 1.29 is 28.4 Å². The van der Waals surface area contributed by atoms with E-state index in [1.54, 1.807) is 13.8 Å². The van der Waals surface area contributed by atoms with Gasteiger partial charge in [-0.25, -0.2) is 9.59 Å². The summed E-state index contributed by atoms with van der Waals surface area (Å²) in [7, 11) is 0. The van der Waals surface area contributed by atoms with Crippen LogP contribution < -0.4 is 5.32 Å². The van der Waals surface area contributed by atoms with Crippen LogP contribution in [0.3, 0.4) is 0 Å². The zero-order valence-corrected chi connectivity index (χ0v) is 16.5. The number of nitrogens with one attached hydrogen (secondary N) is 1. The highest BCUT2D eigenvalue weighted by atomic mass is 32.1. The standard InChI is InChI=1S/C18H22N2O6S/c1-5-24-18(23)15-12(6-10(2)3)9-27-16(15)19-14(21)8-25-17(22)13-7-11(4)20-26-13/h7,9-10H,5-6,8H2,1-4H3,(H,19,21). The maximum Gasteiger partial charge on any atom is 0.377 e. The van der Waals surface area contributed by atoms with Crippen LogP contribution in [0.25, 0.3) is 0 Å². The SMILES string of the molecule is CCOC(=O)c1c(CC(C)C)csc1NC(=O)COC(=O)c1cc(C)no1. The fraction of sp³-hybridized carbons (Fsp3) is 0.444. The molecule has 0 aliphatic carbocycles. The number of aromatic nitrogens is 1. The van der Waals surface area contributed by atoms with E-state index in [-0.39, 0.29) is 12.4 Å². The molecule has 0 radical (unpaired) electrons. The molecule has 146 valence electrons. The molecule has 2 rings (SSSR count). The largest absolute Gasteiger partial charge is 0.462 e. The number of hydrogen-bond acceptors (Lipinski definition) is 8. The summed E-state index contributed by atoms with van der Waals surface area (Å²) in [5.74, 6) is -1.59. The van der Waals surface area contributed by atoms with Gasteiger partial charge in [0.2, 0.25) is 5.76 Å². The lowest BCUT2D eigenvalue weighted by atomic mass is 10.0. The average molecular weight is 394 g/mol. The number of rotatable bonds is 8. The highest BCUT2D eigenvalue weighted by Crippen LogP contribution is 2.30. The van der Waals surface area contributed by atoms with Crippen LogP contribution in [0.5, 0.6) is 0 Å². The molecule has 2 heterocycles. The van der Waals surface area contributed by atoms with Crippen LogP contribution in [0.4, 0.5) is 5.00 Å². The Kier molecular flexibility index (Phi) is 7.12. The van der Waals surface area contributed by atoms with E-state index in [9.17, 15) is 14.4 Å². The predicted molar refractivity (Wildman–Crippen MR) is 99.0 cm³/mol. The van der Waals surface area contributed by atoms with Gasteiger partial charge in [0.25, 0.3) is 5.91 Å². The molecular formula is C18H22N2O6S. The maximum absolute atomic E-state index is 12.3. The van der Waals surface area contributed by atoms with Crippen molar-refractivity contribution in [1.29, 1.82) is 0 Å². The Morgan fingerprint density at radius 2 is 2.00 bits per heavy atom. The third-order valence-electron chi connectivity index (χ3n) is 3.39.